The van der Waals surface area contributed by atoms with Crippen LogP contribution in [0.1, 0.15) is 30.5 Å². The lowest BCUT2D eigenvalue weighted by atomic mass is 9.97. The molecule has 2 nitrogen and oxygen atoms in total. The Hall–Kier alpha value is -1.94. The van der Waals surface area contributed by atoms with Gasteiger partial charge in [-0.1, -0.05) is 25.1 Å². The van der Waals surface area contributed by atoms with Crippen LogP contribution in [0.15, 0.2) is 42.5 Å². The maximum Gasteiger partial charge on any atom is 0.132 e. The average molecular weight is 291 g/mol. The van der Waals surface area contributed by atoms with Gasteiger partial charge < -0.3 is 10.1 Å². The van der Waals surface area contributed by atoms with Gasteiger partial charge in [0, 0.05) is 11.6 Å². The van der Waals surface area contributed by atoms with Gasteiger partial charge in [-0.3, -0.25) is 0 Å². The molecule has 112 valence electrons. The van der Waals surface area contributed by atoms with Crippen molar-refractivity contribution in [2.24, 2.45) is 0 Å². The van der Waals surface area contributed by atoms with E-state index in [1.807, 2.05) is 6.92 Å². The third-order valence-corrected chi connectivity index (χ3v) is 3.30. The van der Waals surface area contributed by atoms with E-state index in [1.54, 1.807) is 24.3 Å². The molecule has 2 aromatic rings. The summed E-state index contributed by atoms with van der Waals surface area (Å²) in [7, 11) is 1.49. The Morgan fingerprint density at radius 3 is 2.57 bits per heavy atom. The number of hydrogen-bond acceptors (Lipinski definition) is 2. The molecule has 1 atom stereocenters. The van der Waals surface area contributed by atoms with Gasteiger partial charge in [0.1, 0.15) is 17.4 Å². The van der Waals surface area contributed by atoms with Gasteiger partial charge in [0.05, 0.1) is 13.2 Å². The monoisotopic (exact) mass is 291 g/mol. The molecular weight excluding hydrogens is 272 g/mol. The summed E-state index contributed by atoms with van der Waals surface area (Å²) in [5.74, 6) is -0.235. The van der Waals surface area contributed by atoms with Crippen molar-refractivity contribution in [2.75, 3.05) is 13.7 Å². The van der Waals surface area contributed by atoms with Crippen molar-refractivity contribution in [1.82, 2.24) is 5.32 Å². The Morgan fingerprint density at radius 1 is 1.14 bits per heavy atom. The summed E-state index contributed by atoms with van der Waals surface area (Å²) in [6, 6.07) is 10.6. The van der Waals surface area contributed by atoms with Crippen LogP contribution in [0.3, 0.4) is 0 Å². The molecule has 0 aromatic heterocycles. The number of methoxy groups -OCH3 is 1. The van der Waals surface area contributed by atoms with Crippen LogP contribution in [-0.4, -0.2) is 13.7 Å². The van der Waals surface area contributed by atoms with E-state index >= 15 is 0 Å². The Morgan fingerprint density at radius 2 is 1.95 bits per heavy atom. The highest BCUT2D eigenvalue weighted by molar-refractivity contribution is 5.36. The number of ether oxygens (including phenoxy) is 1. The minimum Gasteiger partial charge on any atom is -0.497 e. The molecule has 0 heterocycles. The van der Waals surface area contributed by atoms with E-state index in [4.69, 9.17) is 4.74 Å². The first-order valence-electron chi connectivity index (χ1n) is 6.98. The predicted octanol–water partition coefficient (Wildman–Crippen LogP) is 4.06. The van der Waals surface area contributed by atoms with E-state index in [9.17, 15) is 8.78 Å². The van der Waals surface area contributed by atoms with Crippen molar-refractivity contribution in [3.8, 4) is 5.75 Å². The van der Waals surface area contributed by atoms with Crippen molar-refractivity contribution < 1.29 is 13.5 Å². The third kappa shape index (κ3) is 3.79. The molecule has 2 aromatic carbocycles. The quantitative estimate of drug-likeness (QED) is 0.866. The van der Waals surface area contributed by atoms with Gasteiger partial charge in [0.2, 0.25) is 0 Å². The smallest absolute Gasteiger partial charge is 0.132 e. The third-order valence-electron chi connectivity index (χ3n) is 3.30. The van der Waals surface area contributed by atoms with Crippen LogP contribution in [-0.2, 0) is 0 Å². The summed E-state index contributed by atoms with van der Waals surface area (Å²) in [6.45, 7) is 2.74. The second-order valence-corrected chi connectivity index (χ2v) is 4.83. The fourth-order valence-electron chi connectivity index (χ4n) is 2.25. The van der Waals surface area contributed by atoms with Gasteiger partial charge in [-0.15, -0.1) is 0 Å². The number of rotatable bonds is 6. The molecule has 0 saturated heterocycles. The van der Waals surface area contributed by atoms with Crippen LogP contribution in [0.5, 0.6) is 5.75 Å². The molecule has 0 fully saturated rings. The molecule has 0 spiro atoms. The highest BCUT2D eigenvalue weighted by Crippen LogP contribution is 2.27. The van der Waals surface area contributed by atoms with Gasteiger partial charge in [-0.25, -0.2) is 8.78 Å². The lowest BCUT2D eigenvalue weighted by Gasteiger charge is -2.20. The second kappa shape index (κ2) is 7.18. The summed E-state index contributed by atoms with van der Waals surface area (Å²) < 4.78 is 32.7. The molecule has 0 bridgehead atoms. The first-order valence-corrected chi connectivity index (χ1v) is 6.98. The molecule has 0 aliphatic rings. The molecule has 21 heavy (non-hydrogen) atoms. The number of benzene rings is 2. The lowest BCUT2D eigenvalue weighted by Crippen LogP contribution is -2.24. The zero-order valence-corrected chi connectivity index (χ0v) is 12.2. The van der Waals surface area contributed by atoms with Crippen LogP contribution in [0.25, 0.3) is 0 Å². The van der Waals surface area contributed by atoms with Crippen molar-refractivity contribution in [3.63, 3.8) is 0 Å². The van der Waals surface area contributed by atoms with E-state index < -0.39 is 0 Å². The van der Waals surface area contributed by atoms with Crippen molar-refractivity contribution in [2.45, 2.75) is 19.4 Å². The largest absolute Gasteiger partial charge is 0.497 e. The van der Waals surface area contributed by atoms with Crippen LogP contribution < -0.4 is 10.1 Å². The Labute approximate surface area is 123 Å². The standard InChI is InChI=1S/C17H19F2NO/c1-3-9-20-17(12-5-4-6-13(18)10-12)15-8-7-14(21-2)11-16(15)19/h4-8,10-11,17,20H,3,9H2,1-2H3. The fourth-order valence-corrected chi connectivity index (χ4v) is 2.25. The minimum absolute atomic E-state index is 0.329. The normalized spacial score (nSPS) is 12.2. The van der Waals surface area contributed by atoms with Crippen LogP contribution >= 0.6 is 0 Å². The molecule has 2 rings (SSSR count). The minimum atomic E-state index is -0.383. The maximum atomic E-state index is 14.3. The van der Waals surface area contributed by atoms with Gasteiger partial charge in [-0.2, -0.15) is 0 Å². The van der Waals surface area contributed by atoms with Gasteiger partial charge >= 0.3 is 0 Å². The van der Waals surface area contributed by atoms with Crippen molar-refractivity contribution >= 4 is 0 Å². The molecule has 1 N–H and O–H groups in total. The SMILES string of the molecule is CCCNC(c1cccc(F)c1)c1ccc(OC)cc1F. The number of hydrogen-bond donors (Lipinski definition) is 1. The summed E-state index contributed by atoms with van der Waals surface area (Å²) in [5, 5.41) is 3.26. The van der Waals surface area contributed by atoms with E-state index in [0.29, 0.717) is 23.4 Å². The molecule has 1 unspecified atom stereocenters. The fraction of sp³-hybridized carbons (Fsp3) is 0.294. The van der Waals surface area contributed by atoms with Crippen LogP contribution in [0.4, 0.5) is 8.78 Å². The molecule has 0 radical (unpaired) electrons. The molecule has 0 aliphatic carbocycles. The first kappa shape index (κ1) is 15.4. The Bertz CT molecular complexity index is 601. The highest BCUT2D eigenvalue weighted by atomic mass is 19.1. The van der Waals surface area contributed by atoms with E-state index in [-0.39, 0.29) is 17.7 Å². The molecule has 0 aliphatic heterocycles. The zero-order valence-electron chi connectivity index (χ0n) is 12.2. The highest BCUT2D eigenvalue weighted by Gasteiger charge is 2.18. The molecule has 0 saturated carbocycles. The molecular formula is C17H19F2NO. The van der Waals surface area contributed by atoms with E-state index in [1.165, 1.54) is 25.3 Å². The predicted molar refractivity (Wildman–Crippen MR) is 79.5 cm³/mol. The molecule has 4 heteroatoms. The summed E-state index contributed by atoms with van der Waals surface area (Å²) in [5.41, 5.74) is 1.18. The van der Waals surface area contributed by atoms with Crippen molar-refractivity contribution in [1.29, 1.82) is 0 Å². The van der Waals surface area contributed by atoms with Crippen molar-refractivity contribution in [3.05, 3.63) is 65.2 Å². The Balaban J connectivity index is 2.40. The first-order chi connectivity index (χ1) is 10.2. The number of nitrogens with one attached hydrogen (secondary N) is 1. The summed E-state index contributed by atoms with van der Waals surface area (Å²) >= 11 is 0. The average Bonchev–Trinajstić information content (AvgIpc) is 2.49. The molecule has 0 amide bonds. The number of halogens is 2. The van der Waals surface area contributed by atoms with Gasteiger partial charge in [-0.05, 0) is 36.7 Å². The maximum absolute atomic E-state index is 14.3. The Kier molecular flexibility index (Phi) is 5.28. The lowest BCUT2D eigenvalue weighted by molar-refractivity contribution is 0.410. The van der Waals surface area contributed by atoms with Crippen LogP contribution in [0, 0.1) is 11.6 Å². The van der Waals surface area contributed by atoms with Gasteiger partial charge in [0.25, 0.3) is 0 Å². The summed E-state index contributed by atoms with van der Waals surface area (Å²) in [6.07, 6.45) is 0.906. The van der Waals surface area contributed by atoms with E-state index in [0.717, 1.165) is 6.42 Å². The van der Waals surface area contributed by atoms with Gasteiger partial charge in [0.15, 0.2) is 0 Å². The zero-order chi connectivity index (χ0) is 15.2. The topological polar surface area (TPSA) is 21.3 Å². The van der Waals surface area contributed by atoms with E-state index in [2.05, 4.69) is 5.32 Å². The van der Waals surface area contributed by atoms with Crippen LogP contribution in [0.2, 0.25) is 0 Å². The summed E-state index contributed by atoms with van der Waals surface area (Å²) in [4.78, 5) is 0. The second-order valence-electron chi connectivity index (χ2n) is 4.83.